The molecule has 0 radical (unpaired) electrons. The van der Waals surface area contributed by atoms with Gasteiger partial charge in [-0.25, -0.2) is 17.5 Å². The molecule has 20 heavy (non-hydrogen) atoms. The molecular weight excluding hydrogens is 299 g/mol. The number of rotatable bonds is 5. The SMILES string of the molecule is Cc1ccc(CNS(=O)(=O)c2ccc(F)c(CN)c2)s1. The zero-order valence-electron chi connectivity index (χ0n) is 10.9. The molecule has 0 atom stereocenters. The smallest absolute Gasteiger partial charge is 0.240 e. The highest BCUT2D eigenvalue weighted by atomic mass is 32.2. The molecule has 0 unspecified atom stereocenters. The molecule has 1 heterocycles. The Labute approximate surface area is 121 Å². The molecule has 0 fully saturated rings. The number of halogens is 1. The lowest BCUT2D eigenvalue weighted by molar-refractivity contribution is 0.579. The van der Waals surface area contributed by atoms with E-state index in [1.54, 1.807) is 0 Å². The number of hydrogen-bond acceptors (Lipinski definition) is 4. The lowest BCUT2D eigenvalue weighted by Crippen LogP contribution is -2.23. The van der Waals surface area contributed by atoms with Gasteiger partial charge < -0.3 is 5.73 Å². The average Bonchev–Trinajstić information content (AvgIpc) is 2.83. The number of hydrogen-bond donors (Lipinski definition) is 2. The van der Waals surface area contributed by atoms with Gasteiger partial charge in [-0.05, 0) is 37.3 Å². The highest BCUT2D eigenvalue weighted by Crippen LogP contribution is 2.17. The minimum atomic E-state index is -3.66. The number of aryl methyl sites for hydroxylation is 1. The number of nitrogens with two attached hydrogens (primary N) is 1. The first kappa shape index (κ1) is 15.1. The van der Waals surface area contributed by atoms with E-state index in [9.17, 15) is 12.8 Å². The van der Waals surface area contributed by atoms with Crippen molar-refractivity contribution in [1.82, 2.24) is 4.72 Å². The van der Waals surface area contributed by atoms with Crippen molar-refractivity contribution >= 4 is 21.4 Å². The second-order valence-corrected chi connectivity index (χ2v) is 7.43. The molecule has 3 N–H and O–H groups in total. The van der Waals surface area contributed by atoms with Crippen LogP contribution in [-0.4, -0.2) is 8.42 Å². The lowest BCUT2D eigenvalue weighted by Gasteiger charge is -2.07. The van der Waals surface area contributed by atoms with Gasteiger partial charge in [0.25, 0.3) is 0 Å². The van der Waals surface area contributed by atoms with E-state index in [-0.39, 0.29) is 23.5 Å². The van der Waals surface area contributed by atoms with Crippen LogP contribution in [0.15, 0.2) is 35.2 Å². The molecule has 4 nitrogen and oxygen atoms in total. The highest BCUT2D eigenvalue weighted by molar-refractivity contribution is 7.89. The minimum absolute atomic E-state index is 0.0210. The molecule has 0 spiro atoms. The van der Waals surface area contributed by atoms with Gasteiger partial charge in [0.15, 0.2) is 0 Å². The minimum Gasteiger partial charge on any atom is -0.326 e. The summed E-state index contributed by atoms with van der Waals surface area (Å²) in [5, 5.41) is 0. The Balaban J connectivity index is 2.17. The molecule has 0 aliphatic rings. The van der Waals surface area contributed by atoms with E-state index in [4.69, 9.17) is 5.73 Å². The monoisotopic (exact) mass is 314 g/mol. The normalized spacial score (nSPS) is 11.8. The van der Waals surface area contributed by atoms with Crippen molar-refractivity contribution in [3.63, 3.8) is 0 Å². The summed E-state index contributed by atoms with van der Waals surface area (Å²) in [5.41, 5.74) is 5.56. The Morgan fingerprint density at radius 1 is 1.30 bits per heavy atom. The summed E-state index contributed by atoms with van der Waals surface area (Å²) in [7, 11) is -3.66. The van der Waals surface area contributed by atoms with Crippen molar-refractivity contribution in [2.75, 3.05) is 0 Å². The fourth-order valence-electron chi connectivity index (χ4n) is 1.70. The molecule has 0 saturated heterocycles. The molecule has 0 aliphatic carbocycles. The first-order valence-electron chi connectivity index (χ1n) is 5.96. The van der Waals surface area contributed by atoms with Crippen LogP contribution >= 0.6 is 11.3 Å². The summed E-state index contributed by atoms with van der Waals surface area (Å²) in [6, 6.07) is 7.41. The van der Waals surface area contributed by atoms with Crippen molar-refractivity contribution in [1.29, 1.82) is 0 Å². The number of sulfonamides is 1. The number of nitrogens with one attached hydrogen (secondary N) is 1. The van der Waals surface area contributed by atoms with E-state index in [1.807, 2.05) is 19.1 Å². The van der Waals surface area contributed by atoms with Crippen LogP contribution in [0, 0.1) is 12.7 Å². The standard InChI is InChI=1S/C13H15FN2O2S2/c1-9-2-3-11(19-9)8-16-20(17,18)12-4-5-13(14)10(6-12)7-15/h2-6,16H,7-8,15H2,1H3. The molecule has 2 rings (SSSR count). The van der Waals surface area contributed by atoms with Crippen LogP contribution in [0.3, 0.4) is 0 Å². The van der Waals surface area contributed by atoms with E-state index in [2.05, 4.69) is 4.72 Å². The van der Waals surface area contributed by atoms with E-state index in [0.29, 0.717) is 0 Å². The van der Waals surface area contributed by atoms with Crippen molar-refractivity contribution < 1.29 is 12.8 Å². The number of benzene rings is 1. The average molecular weight is 314 g/mol. The summed E-state index contributed by atoms with van der Waals surface area (Å²) < 4.78 is 40.1. The fraction of sp³-hybridized carbons (Fsp3) is 0.231. The second-order valence-electron chi connectivity index (χ2n) is 4.29. The molecule has 1 aromatic carbocycles. The van der Waals surface area contributed by atoms with Crippen LogP contribution in [0.2, 0.25) is 0 Å². The maximum absolute atomic E-state index is 13.3. The summed E-state index contributed by atoms with van der Waals surface area (Å²) in [6.07, 6.45) is 0. The fourth-order valence-corrected chi connectivity index (χ4v) is 3.68. The second kappa shape index (κ2) is 6.01. The molecular formula is C13H15FN2O2S2. The molecule has 2 aromatic rings. The van der Waals surface area contributed by atoms with Gasteiger partial charge in [0, 0.05) is 28.4 Å². The quantitative estimate of drug-likeness (QED) is 0.888. The Bertz CT molecular complexity index is 711. The first-order valence-corrected chi connectivity index (χ1v) is 8.26. The third-order valence-corrected chi connectivity index (χ3v) is 5.18. The Morgan fingerprint density at radius 3 is 2.65 bits per heavy atom. The van der Waals surface area contributed by atoms with Crippen molar-refractivity contribution in [2.24, 2.45) is 5.73 Å². The van der Waals surface area contributed by atoms with Crippen molar-refractivity contribution in [2.45, 2.75) is 24.9 Å². The summed E-state index contributed by atoms with van der Waals surface area (Å²) in [5.74, 6) is -0.500. The molecule has 7 heteroatoms. The predicted octanol–water partition coefficient (Wildman–Crippen LogP) is 2.13. The van der Waals surface area contributed by atoms with Crippen molar-refractivity contribution in [3.8, 4) is 0 Å². The Kier molecular flexibility index (Phi) is 4.54. The van der Waals surface area contributed by atoms with E-state index < -0.39 is 15.8 Å². The highest BCUT2D eigenvalue weighted by Gasteiger charge is 2.16. The molecule has 0 aliphatic heterocycles. The van der Waals surface area contributed by atoms with Gasteiger partial charge in [-0.2, -0.15) is 0 Å². The zero-order chi connectivity index (χ0) is 14.8. The summed E-state index contributed by atoms with van der Waals surface area (Å²) >= 11 is 1.53. The maximum Gasteiger partial charge on any atom is 0.240 e. The van der Waals surface area contributed by atoms with Gasteiger partial charge in [-0.3, -0.25) is 0 Å². The van der Waals surface area contributed by atoms with E-state index in [0.717, 1.165) is 15.8 Å². The van der Waals surface area contributed by atoms with Crippen LogP contribution in [0.5, 0.6) is 0 Å². The summed E-state index contributed by atoms with van der Waals surface area (Å²) in [6.45, 7) is 2.13. The van der Waals surface area contributed by atoms with Crippen LogP contribution in [0.1, 0.15) is 15.3 Å². The Hall–Kier alpha value is -1.28. The third-order valence-electron chi connectivity index (χ3n) is 2.78. The van der Waals surface area contributed by atoms with Gasteiger partial charge in [0.1, 0.15) is 5.82 Å². The zero-order valence-corrected chi connectivity index (χ0v) is 12.5. The van der Waals surface area contributed by atoms with Crippen LogP contribution in [0.4, 0.5) is 4.39 Å². The topological polar surface area (TPSA) is 72.2 Å². The predicted molar refractivity (Wildman–Crippen MR) is 77.4 cm³/mol. The molecule has 0 amide bonds. The molecule has 1 aromatic heterocycles. The molecule has 0 saturated carbocycles. The Morgan fingerprint density at radius 2 is 2.05 bits per heavy atom. The third kappa shape index (κ3) is 3.43. The van der Waals surface area contributed by atoms with Crippen LogP contribution in [-0.2, 0) is 23.1 Å². The van der Waals surface area contributed by atoms with Crippen molar-refractivity contribution in [3.05, 3.63) is 51.5 Å². The summed E-state index contributed by atoms with van der Waals surface area (Å²) in [4.78, 5) is 2.06. The molecule has 0 bridgehead atoms. The van der Waals surface area contributed by atoms with E-state index in [1.165, 1.54) is 23.5 Å². The molecule has 108 valence electrons. The van der Waals surface area contributed by atoms with Gasteiger partial charge in [0.2, 0.25) is 10.0 Å². The largest absolute Gasteiger partial charge is 0.326 e. The van der Waals surface area contributed by atoms with Crippen LogP contribution in [0.25, 0.3) is 0 Å². The van der Waals surface area contributed by atoms with E-state index >= 15 is 0 Å². The first-order chi connectivity index (χ1) is 9.42. The lowest BCUT2D eigenvalue weighted by atomic mass is 10.2. The van der Waals surface area contributed by atoms with Gasteiger partial charge in [-0.15, -0.1) is 11.3 Å². The van der Waals surface area contributed by atoms with Gasteiger partial charge >= 0.3 is 0 Å². The van der Waals surface area contributed by atoms with Gasteiger partial charge in [-0.1, -0.05) is 0 Å². The van der Waals surface area contributed by atoms with Gasteiger partial charge in [0.05, 0.1) is 4.90 Å². The maximum atomic E-state index is 13.3. The number of thiophene rings is 1. The van der Waals surface area contributed by atoms with Crippen LogP contribution < -0.4 is 10.5 Å².